The summed E-state index contributed by atoms with van der Waals surface area (Å²) in [6, 6.07) is 8.67. The second-order valence-electron chi connectivity index (χ2n) is 4.09. The van der Waals surface area contributed by atoms with E-state index in [4.69, 9.17) is 23.7 Å². The summed E-state index contributed by atoms with van der Waals surface area (Å²) < 4.78 is 15.9. The van der Waals surface area contributed by atoms with E-state index >= 15 is 0 Å². The van der Waals surface area contributed by atoms with Crippen LogP contribution in [-0.4, -0.2) is 19.7 Å². The van der Waals surface area contributed by atoms with Gasteiger partial charge in [-0.05, 0) is 40.2 Å². The first-order chi connectivity index (χ1) is 10.1. The summed E-state index contributed by atoms with van der Waals surface area (Å²) >= 11 is 6.57. The summed E-state index contributed by atoms with van der Waals surface area (Å²) in [5.74, 6) is 0.494. The van der Waals surface area contributed by atoms with Gasteiger partial charge in [-0.15, -0.1) is 0 Å². The average molecular weight is 453 g/mol. The fraction of sp³-hybridized carbons (Fsp3) is 0. The smallest absolute Gasteiger partial charge is 0.453 e. The average Bonchev–Trinajstić information content (AvgIpc) is 2.36. The Bertz CT molecular complexity index is 898. The van der Waals surface area contributed by atoms with Crippen molar-refractivity contribution in [2.24, 2.45) is 0 Å². The molecule has 116 valence electrons. The first kappa shape index (κ1) is 17.3. The number of hydrogen-bond acceptors (Lipinski definition) is 4. The van der Waals surface area contributed by atoms with E-state index in [9.17, 15) is 4.79 Å². The van der Waals surface area contributed by atoms with Gasteiger partial charge in [0, 0.05) is 10.5 Å². The molecular formula is C12H8Br2NO6P. The van der Waals surface area contributed by atoms with E-state index in [0.717, 1.165) is 9.99 Å². The molecule has 1 aliphatic heterocycles. The minimum atomic E-state index is -4.64. The molecule has 2 aliphatic rings. The summed E-state index contributed by atoms with van der Waals surface area (Å²) in [5, 5.41) is 0. The van der Waals surface area contributed by atoms with Gasteiger partial charge < -0.3 is 19.1 Å². The Morgan fingerprint density at radius 3 is 2.36 bits per heavy atom. The fourth-order valence-corrected chi connectivity index (χ4v) is 2.29. The predicted octanol–water partition coefficient (Wildman–Crippen LogP) is 2.89. The van der Waals surface area contributed by atoms with Crippen LogP contribution < -0.4 is 5.43 Å². The molecule has 0 radical (unpaired) electrons. The van der Waals surface area contributed by atoms with Crippen LogP contribution in [0.3, 0.4) is 0 Å². The Morgan fingerprint density at radius 2 is 1.73 bits per heavy atom. The maximum absolute atomic E-state index is 11.5. The number of benzene rings is 2. The lowest BCUT2D eigenvalue weighted by molar-refractivity contribution is 0.275. The highest BCUT2D eigenvalue weighted by atomic mass is 79.9. The molecule has 1 aliphatic carbocycles. The van der Waals surface area contributed by atoms with E-state index in [1.165, 1.54) is 6.07 Å². The van der Waals surface area contributed by atoms with Gasteiger partial charge in [0.25, 0.3) is 0 Å². The molecule has 10 heteroatoms. The second-order valence-corrected chi connectivity index (χ2v) is 6.89. The zero-order valence-corrected chi connectivity index (χ0v) is 14.7. The fourth-order valence-electron chi connectivity index (χ4n) is 1.61. The molecule has 0 aromatic heterocycles. The molecule has 0 saturated heterocycles. The molecular weight excluding hydrogens is 445 g/mol. The number of fused-ring (bicyclic) bond motifs is 2. The third kappa shape index (κ3) is 4.70. The van der Waals surface area contributed by atoms with Crippen LogP contribution in [0.1, 0.15) is 0 Å². The summed E-state index contributed by atoms with van der Waals surface area (Å²) in [6.07, 6.45) is 0. The van der Waals surface area contributed by atoms with Gasteiger partial charge in [-0.3, -0.25) is 4.79 Å². The summed E-state index contributed by atoms with van der Waals surface area (Å²) in [7, 11) is -4.64. The minimum absolute atomic E-state index is 0.112. The van der Waals surface area contributed by atoms with Crippen molar-refractivity contribution >= 4 is 50.8 Å². The zero-order valence-electron chi connectivity index (χ0n) is 10.6. The van der Waals surface area contributed by atoms with Crippen molar-refractivity contribution in [2.45, 2.75) is 0 Å². The molecule has 1 heterocycles. The van der Waals surface area contributed by atoms with Gasteiger partial charge >= 0.3 is 7.82 Å². The van der Waals surface area contributed by atoms with Crippen molar-refractivity contribution in [3.63, 3.8) is 0 Å². The van der Waals surface area contributed by atoms with Gasteiger partial charge in [0.05, 0.1) is 4.47 Å². The topological polar surface area (TPSA) is 121 Å². The highest BCUT2D eigenvalue weighted by Crippen LogP contribution is 2.27. The minimum Gasteiger partial charge on any atom is -0.453 e. The molecule has 3 rings (SSSR count). The summed E-state index contributed by atoms with van der Waals surface area (Å²) in [5.41, 5.74) is 1.95. The summed E-state index contributed by atoms with van der Waals surface area (Å²) in [4.78, 5) is 37.5. The van der Waals surface area contributed by atoms with Gasteiger partial charge in [0.15, 0.2) is 16.8 Å². The van der Waals surface area contributed by atoms with E-state index in [1.54, 1.807) is 6.07 Å². The first-order valence-corrected chi connectivity index (χ1v) is 8.76. The Kier molecular flexibility index (Phi) is 5.16. The largest absolute Gasteiger partial charge is 0.466 e. The number of nitrogens with zero attached hydrogens (tertiary/aromatic N) is 1. The van der Waals surface area contributed by atoms with Crippen molar-refractivity contribution in [3.8, 4) is 11.5 Å². The lowest BCUT2D eigenvalue weighted by atomic mass is 10.2. The van der Waals surface area contributed by atoms with Crippen LogP contribution in [0.5, 0.6) is 0 Å². The Morgan fingerprint density at radius 1 is 1.09 bits per heavy atom. The second kappa shape index (κ2) is 6.57. The first-order valence-electron chi connectivity index (χ1n) is 5.61. The van der Waals surface area contributed by atoms with Crippen LogP contribution in [0.25, 0.3) is 22.6 Å². The molecule has 0 bridgehead atoms. The van der Waals surface area contributed by atoms with Gasteiger partial charge in [-0.2, -0.15) is 0 Å². The molecule has 7 nitrogen and oxygen atoms in total. The number of rotatable bonds is 0. The SMILES string of the molecule is O=P(O)(O)O.O=c1cc2oc3ccc(Br)cc3nc-2cc1Br. The highest BCUT2D eigenvalue weighted by molar-refractivity contribution is 9.10. The third-order valence-corrected chi connectivity index (χ3v) is 3.51. The molecule has 3 N–H and O–H groups in total. The van der Waals surface area contributed by atoms with Crippen LogP contribution >= 0.6 is 39.7 Å². The van der Waals surface area contributed by atoms with Gasteiger partial charge in [-0.1, -0.05) is 15.9 Å². The van der Waals surface area contributed by atoms with Crippen LogP contribution in [0.2, 0.25) is 0 Å². The van der Waals surface area contributed by atoms with E-state index in [1.807, 2.05) is 18.2 Å². The molecule has 0 atom stereocenters. The zero-order chi connectivity index (χ0) is 16.5. The molecule has 0 spiro atoms. The maximum atomic E-state index is 11.5. The van der Waals surface area contributed by atoms with Crippen molar-refractivity contribution < 1.29 is 23.7 Å². The van der Waals surface area contributed by atoms with E-state index in [-0.39, 0.29) is 5.43 Å². The molecule has 0 fully saturated rings. The number of phosphoric acid groups is 1. The monoisotopic (exact) mass is 451 g/mol. The normalized spacial score (nSPS) is 11.3. The van der Waals surface area contributed by atoms with Crippen molar-refractivity contribution in [2.75, 3.05) is 0 Å². The predicted molar refractivity (Wildman–Crippen MR) is 86.6 cm³/mol. The van der Waals surface area contributed by atoms with E-state index in [2.05, 4.69) is 36.8 Å². The van der Waals surface area contributed by atoms with Gasteiger partial charge in [-0.25, -0.2) is 9.55 Å². The third-order valence-electron chi connectivity index (χ3n) is 2.40. The Hall–Kier alpha value is -1.09. The lowest BCUT2D eigenvalue weighted by Crippen LogP contribution is -2.02. The molecule has 1 aromatic carbocycles. The van der Waals surface area contributed by atoms with Gasteiger partial charge in [0.1, 0.15) is 11.2 Å². The van der Waals surface area contributed by atoms with E-state index in [0.29, 0.717) is 21.5 Å². The molecule has 1 aromatic rings. The van der Waals surface area contributed by atoms with Crippen LogP contribution in [0.4, 0.5) is 0 Å². The van der Waals surface area contributed by atoms with Crippen LogP contribution in [0.15, 0.2) is 48.5 Å². The highest BCUT2D eigenvalue weighted by Gasteiger charge is 2.11. The Balaban J connectivity index is 0.000000309. The quantitative estimate of drug-likeness (QED) is 0.354. The van der Waals surface area contributed by atoms with Crippen LogP contribution in [-0.2, 0) is 4.57 Å². The van der Waals surface area contributed by atoms with Crippen molar-refractivity contribution in [3.05, 3.63) is 49.5 Å². The lowest BCUT2D eigenvalue weighted by Gasteiger charge is -2.06. The van der Waals surface area contributed by atoms with Crippen molar-refractivity contribution in [1.82, 2.24) is 4.98 Å². The Labute approximate surface area is 140 Å². The molecule has 22 heavy (non-hydrogen) atoms. The van der Waals surface area contributed by atoms with Crippen LogP contribution in [0, 0.1) is 0 Å². The van der Waals surface area contributed by atoms with E-state index < -0.39 is 7.82 Å². The maximum Gasteiger partial charge on any atom is 0.466 e. The standard InChI is InChI=1S/C12H5Br2NO2.H3O4P/c13-6-1-2-11-8(3-6)15-9-4-7(14)10(16)5-12(9)17-11;1-5(2,3)4/h1-5H;(H3,1,2,3,4). The number of aromatic nitrogens is 1. The van der Waals surface area contributed by atoms with Gasteiger partial charge in [0.2, 0.25) is 0 Å². The molecule has 0 saturated carbocycles. The molecule has 0 amide bonds. The molecule has 0 unspecified atom stereocenters. The number of halogens is 2. The number of hydrogen-bond donors (Lipinski definition) is 3. The van der Waals surface area contributed by atoms with Crippen molar-refractivity contribution in [1.29, 1.82) is 0 Å². The summed E-state index contributed by atoms with van der Waals surface area (Å²) in [6.45, 7) is 0.